The molecule has 33 heteroatoms. The minimum atomic E-state index is -5.67. The van der Waals surface area contributed by atoms with E-state index in [0.29, 0.717) is 42.5 Å². The Morgan fingerprint density at radius 3 is 0.736 bits per heavy atom. The minimum Gasteiger partial charge on any atom is -0.309 e. The SMILES string of the molecule is N#Cc1ccc(-n2c3ccc(-c4cc(C(F)(F)F)cc(C(F)(F)F)c4)cc3c3cc(-c4cc(C(F)(F)F)cc(C(F)(F)F)c4)ccc32)c(-c2ccc(-c3c(C(F)(F)F)cccc3C(F)(F)F)cc2-n2c3ccc(-c4cc(C(F)(F)F)cc(C(F)(F)F)c4)cc3c3cc(-c4cc(C(F)(F)F)cc(C(F)(F)F)c4)ccc32)c1. The summed E-state index contributed by atoms with van der Waals surface area (Å²) >= 11 is 0. The van der Waals surface area contributed by atoms with Gasteiger partial charge in [0.25, 0.3) is 0 Å². The van der Waals surface area contributed by atoms with E-state index in [9.17, 15) is 111 Å². The van der Waals surface area contributed by atoms with Gasteiger partial charge >= 0.3 is 61.8 Å². The Morgan fingerprint density at radius 1 is 0.218 bits per heavy atom. The van der Waals surface area contributed by atoms with Crippen LogP contribution in [0.15, 0.2) is 200 Å². The van der Waals surface area contributed by atoms with Gasteiger partial charge in [0.1, 0.15) is 0 Å². The molecule has 566 valence electrons. The molecule has 0 amide bonds. The Morgan fingerprint density at radius 2 is 0.482 bits per heavy atom. The Labute approximate surface area is 595 Å². The van der Waals surface area contributed by atoms with Gasteiger partial charge in [0.2, 0.25) is 0 Å². The fraction of sp³-hybridized carbons (Fsp3) is 0.130. The van der Waals surface area contributed by atoms with Crippen LogP contribution >= 0.6 is 0 Å². The highest BCUT2D eigenvalue weighted by molar-refractivity contribution is 6.14. The van der Waals surface area contributed by atoms with Crippen molar-refractivity contribution in [2.75, 3.05) is 0 Å². The summed E-state index contributed by atoms with van der Waals surface area (Å²) in [6.07, 6.45) is -55.2. The summed E-state index contributed by atoms with van der Waals surface area (Å²) in [5.41, 5.74) is -30.5. The third-order valence-electron chi connectivity index (χ3n) is 18.1. The van der Waals surface area contributed by atoms with Crippen molar-refractivity contribution in [3.8, 4) is 84.2 Å². The van der Waals surface area contributed by atoms with Crippen LogP contribution in [0.25, 0.3) is 122 Å². The van der Waals surface area contributed by atoms with E-state index >= 15 is 26.3 Å². The molecule has 0 bridgehead atoms. The summed E-state index contributed by atoms with van der Waals surface area (Å²) in [6, 6.07) is 20.8. The van der Waals surface area contributed by atoms with Gasteiger partial charge in [-0.15, -0.1) is 0 Å². The normalized spacial score (nSPS) is 13.4. The summed E-state index contributed by atoms with van der Waals surface area (Å²) in [7, 11) is 0. The van der Waals surface area contributed by atoms with Crippen LogP contribution in [0.5, 0.6) is 0 Å². The van der Waals surface area contributed by atoms with E-state index in [-0.39, 0.29) is 88.2 Å². The topological polar surface area (TPSA) is 33.6 Å². The van der Waals surface area contributed by atoms with Gasteiger partial charge in [-0.05, 0) is 208 Å². The van der Waals surface area contributed by atoms with Crippen LogP contribution in [0.1, 0.15) is 61.2 Å². The molecule has 0 unspecified atom stereocenters. The molecule has 0 spiro atoms. The molecular weight excluding hydrogens is 1540 g/mol. The molecule has 11 aromatic carbocycles. The van der Waals surface area contributed by atoms with Crippen LogP contribution in [-0.4, -0.2) is 9.13 Å². The van der Waals surface area contributed by atoms with Gasteiger partial charge in [-0.3, -0.25) is 0 Å². The first kappa shape index (κ1) is 76.6. The predicted molar refractivity (Wildman–Crippen MR) is 342 cm³/mol. The number of alkyl halides is 30. The molecule has 0 N–H and O–H groups in total. The van der Waals surface area contributed by atoms with Gasteiger partial charge in [0, 0.05) is 38.2 Å². The highest BCUT2D eigenvalue weighted by Crippen LogP contribution is 2.52. The number of aromatic nitrogens is 2. The molecule has 0 saturated carbocycles. The Hall–Kier alpha value is -11.6. The van der Waals surface area contributed by atoms with E-state index in [1.54, 1.807) is 0 Å². The lowest BCUT2D eigenvalue weighted by Gasteiger charge is -2.22. The first-order valence-corrected chi connectivity index (χ1v) is 31.1. The van der Waals surface area contributed by atoms with E-state index in [2.05, 4.69) is 0 Å². The summed E-state index contributed by atoms with van der Waals surface area (Å²) in [4.78, 5) is 0. The smallest absolute Gasteiger partial charge is 0.309 e. The van der Waals surface area contributed by atoms with Gasteiger partial charge in [-0.1, -0.05) is 42.5 Å². The van der Waals surface area contributed by atoms with Crippen LogP contribution in [0, 0.1) is 11.3 Å². The summed E-state index contributed by atoms with van der Waals surface area (Å²) in [5, 5.41) is 9.16. The maximum atomic E-state index is 15.4. The minimum absolute atomic E-state index is 0.219. The number of nitrogens with zero attached hydrogens (tertiary/aromatic N) is 3. The lowest BCUT2D eigenvalue weighted by atomic mass is 9.90. The van der Waals surface area contributed by atoms with Gasteiger partial charge < -0.3 is 9.13 Å². The summed E-state index contributed by atoms with van der Waals surface area (Å²) < 4.78 is 442. The van der Waals surface area contributed by atoms with Gasteiger partial charge in [-0.25, -0.2) is 0 Å². The molecule has 13 aromatic rings. The monoisotopic (exact) mass is 1570 g/mol. The Bertz CT molecular complexity index is 5520. The molecule has 2 aromatic heterocycles. The molecule has 0 aliphatic rings. The van der Waals surface area contributed by atoms with E-state index in [0.717, 1.165) is 102 Å². The zero-order valence-electron chi connectivity index (χ0n) is 53.7. The Balaban J connectivity index is 1.17. The number of halogens is 30. The number of nitriles is 1. The average Bonchev–Trinajstić information content (AvgIpc) is 1.56. The van der Waals surface area contributed by atoms with Crippen LogP contribution in [0.4, 0.5) is 132 Å². The second kappa shape index (κ2) is 25.8. The highest BCUT2D eigenvalue weighted by Gasteiger charge is 2.45. The maximum Gasteiger partial charge on any atom is 0.417 e. The maximum absolute atomic E-state index is 15.4. The number of benzene rings is 11. The van der Waals surface area contributed by atoms with Crippen LogP contribution in [0.3, 0.4) is 0 Å². The molecule has 0 fully saturated rings. The molecule has 0 aliphatic carbocycles. The number of fused-ring (bicyclic) bond motifs is 6. The van der Waals surface area contributed by atoms with Crippen molar-refractivity contribution in [3.05, 3.63) is 261 Å². The fourth-order valence-corrected chi connectivity index (χ4v) is 13.2. The molecule has 0 saturated heterocycles. The van der Waals surface area contributed by atoms with Gasteiger partial charge in [0.05, 0.1) is 101 Å². The predicted octanol–water partition coefficient (Wildman–Crippen LogP) is 27.9. The lowest BCUT2D eigenvalue weighted by molar-refractivity contribution is -0.144. The number of hydrogen-bond donors (Lipinski definition) is 0. The zero-order chi connectivity index (χ0) is 80.2. The van der Waals surface area contributed by atoms with E-state index in [4.69, 9.17) is 0 Å². The third-order valence-corrected chi connectivity index (χ3v) is 18.1. The average molecular weight is 1570 g/mol. The van der Waals surface area contributed by atoms with Crippen molar-refractivity contribution < 1.29 is 132 Å². The van der Waals surface area contributed by atoms with E-state index in [1.807, 2.05) is 6.07 Å². The van der Waals surface area contributed by atoms with Crippen LogP contribution in [-0.2, 0) is 61.8 Å². The van der Waals surface area contributed by atoms with Crippen LogP contribution < -0.4 is 0 Å². The molecular formula is C77H33F30N3. The van der Waals surface area contributed by atoms with Crippen molar-refractivity contribution in [2.24, 2.45) is 0 Å². The molecule has 0 radical (unpaired) electrons. The van der Waals surface area contributed by atoms with E-state index < -0.39 is 217 Å². The van der Waals surface area contributed by atoms with Crippen molar-refractivity contribution in [1.82, 2.24) is 9.13 Å². The van der Waals surface area contributed by atoms with E-state index in [1.165, 1.54) is 4.57 Å². The quantitative estimate of drug-likeness (QED) is 0.140. The first-order chi connectivity index (χ1) is 50.7. The van der Waals surface area contributed by atoms with Crippen molar-refractivity contribution in [1.29, 1.82) is 5.26 Å². The Kier molecular flexibility index (Phi) is 18.0. The van der Waals surface area contributed by atoms with Gasteiger partial charge in [0.15, 0.2) is 0 Å². The van der Waals surface area contributed by atoms with Crippen LogP contribution in [0.2, 0.25) is 0 Å². The molecule has 2 heterocycles. The molecule has 0 atom stereocenters. The zero-order valence-corrected chi connectivity index (χ0v) is 53.7. The largest absolute Gasteiger partial charge is 0.417 e. The van der Waals surface area contributed by atoms with Crippen molar-refractivity contribution in [3.63, 3.8) is 0 Å². The number of rotatable bonds is 8. The van der Waals surface area contributed by atoms with Crippen molar-refractivity contribution >= 4 is 43.6 Å². The first-order valence-electron chi connectivity index (χ1n) is 31.1. The lowest BCUT2D eigenvalue weighted by Crippen LogP contribution is -2.14. The molecule has 0 aliphatic heterocycles. The standard InChI is InChI=1S/C77H33F30N3/c78-68(79,80)45-17-41(18-46(30-45)69(81,82)83)36-6-12-62-55(25-36)56-26-37(42-19-47(70(84,85)86)31-48(20-42)71(87,88)89)7-13-63(56)109(62)61-11-4-35(34-108)16-54(61)53-10-5-40(67-59(76(102,103)104)2-1-3-60(67)77(105,106)107)29-66(53)110-64-14-8-38(43-21-49(72(90,91)92)32-50(22-43)73(93,94)95)27-57(64)58-28-39(9-15-65(58)110)44-23-51(74(96,97)98)33-52(24-44)75(99,100)101/h1-33H. The third kappa shape index (κ3) is 14.5. The second-order valence-corrected chi connectivity index (χ2v) is 25.1. The second-order valence-electron chi connectivity index (χ2n) is 25.1. The fourth-order valence-electron chi connectivity index (χ4n) is 13.2. The number of hydrogen-bond acceptors (Lipinski definition) is 1. The molecule has 3 nitrogen and oxygen atoms in total. The highest BCUT2D eigenvalue weighted by atomic mass is 19.4. The molecule has 13 rings (SSSR count). The van der Waals surface area contributed by atoms with Gasteiger partial charge in [-0.2, -0.15) is 137 Å². The summed E-state index contributed by atoms with van der Waals surface area (Å²) in [6.45, 7) is 0. The molecule has 110 heavy (non-hydrogen) atoms. The van der Waals surface area contributed by atoms with Crippen molar-refractivity contribution in [2.45, 2.75) is 61.8 Å². The summed E-state index contributed by atoms with van der Waals surface area (Å²) in [5.74, 6) is 0.